The van der Waals surface area contributed by atoms with Crippen LogP contribution >= 0.6 is 24.1 Å². The predicted molar refractivity (Wildman–Crippen MR) is 123 cm³/mol. The second-order valence-corrected chi connectivity index (χ2v) is 8.40. The van der Waals surface area contributed by atoms with Crippen molar-refractivity contribution in [3.8, 4) is 0 Å². The molecule has 27 heavy (non-hydrogen) atoms. The van der Waals surface area contributed by atoms with E-state index in [0.29, 0.717) is 0 Å². The van der Waals surface area contributed by atoms with Crippen LogP contribution in [0.15, 0.2) is 9.98 Å². The third kappa shape index (κ3) is 25.2. The third-order valence-corrected chi connectivity index (χ3v) is 5.64. The van der Waals surface area contributed by atoms with Gasteiger partial charge in [-0.25, -0.2) is 3.63 Å². The van der Waals surface area contributed by atoms with Crippen LogP contribution in [0.25, 0.3) is 0 Å². The zero-order valence-electron chi connectivity index (χ0n) is 16.7. The Labute approximate surface area is 174 Å². The summed E-state index contributed by atoms with van der Waals surface area (Å²) in [7, 11) is 0. The second kappa shape index (κ2) is 21.5. The number of aliphatic imine (C=N–C) groups is 2. The highest BCUT2D eigenvalue weighted by Gasteiger charge is 1.96. The van der Waals surface area contributed by atoms with Crippen molar-refractivity contribution < 1.29 is 3.63 Å². The molecule has 0 spiro atoms. The van der Waals surface area contributed by atoms with Gasteiger partial charge in [-0.15, -0.1) is 0 Å². The molecule has 0 aliphatic carbocycles. The first-order valence-electron chi connectivity index (χ1n) is 10.1. The summed E-state index contributed by atoms with van der Waals surface area (Å²) in [6.07, 6.45) is 14.6. The summed E-state index contributed by atoms with van der Waals surface area (Å²) >= 11 is 3.19. The van der Waals surface area contributed by atoms with Gasteiger partial charge >= 0.3 is 0 Å². The molecule has 9 heteroatoms. The van der Waals surface area contributed by atoms with E-state index in [0.717, 1.165) is 37.4 Å². The van der Waals surface area contributed by atoms with E-state index in [-0.39, 0.29) is 11.9 Å². The van der Waals surface area contributed by atoms with E-state index in [2.05, 4.69) is 9.98 Å². The molecule has 0 atom stereocenters. The number of hydrogen-bond acceptors (Lipinski definition) is 5. The second-order valence-electron chi connectivity index (χ2n) is 6.57. The van der Waals surface area contributed by atoms with Crippen molar-refractivity contribution in [2.45, 2.75) is 77.0 Å². The maximum absolute atomic E-state index is 5.55. The molecule has 160 valence electrons. The molecule has 0 aromatic rings. The van der Waals surface area contributed by atoms with E-state index in [4.69, 9.17) is 26.6 Å². The number of rotatable bonds is 20. The quantitative estimate of drug-likeness (QED) is 0.102. The molecule has 0 unspecified atom stereocenters. The number of unbranched alkanes of at least 4 members (excludes halogenated alkanes) is 10. The Morgan fingerprint density at radius 2 is 0.852 bits per heavy atom. The minimum atomic E-state index is 0.195. The minimum absolute atomic E-state index is 0.195. The SMILES string of the molecule is NC(N)=NCCCCCCCCSOSCCCCCCCCN=C(N)N. The van der Waals surface area contributed by atoms with Gasteiger partial charge in [-0.3, -0.25) is 9.98 Å². The van der Waals surface area contributed by atoms with Gasteiger partial charge in [-0.1, -0.05) is 51.4 Å². The zero-order valence-corrected chi connectivity index (χ0v) is 18.4. The fourth-order valence-electron chi connectivity index (χ4n) is 2.48. The van der Waals surface area contributed by atoms with Crippen molar-refractivity contribution >= 4 is 36.0 Å². The van der Waals surface area contributed by atoms with Gasteiger partial charge in [0.1, 0.15) is 0 Å². The summed E-state index contributed by atoms with van der Waals surface area (Å²) in [5, 5.41) is 0. The van der Waals surface area contributed by atoms with Gasteiger partial charge in [0.2, 0.25) is 0 Å². The fourth-order valence-corrected chi connectivity index (χ4v) is 3.94. The molecule has 0 aliphatic rings. The Bertz CT molecular complexity index is 341. The normalized spacial score (nSPS) is 10.7. The molecule has 0 radical (unpaired) electrons. The first-order valence-corrected chi connectivity index (χ1v) is 12.0. The predicted octanol–water partition coefficient (Wildman–Crippen LogP) is 3.53. The van der Waals surface area contributed by atoms with E-state index in [1.807, 2.05) is 0 Å². The molecule has 8 N–H and O–H groups in total. The topological polar surface area (TPSA) is 138 Å². The standard InChI is InChI=1S/C18H40N6OS2/c19-17(20)23-13-9-5-1-3-7-11-15-26-25-27-16-12-8-4-2-6-10-14-24-18(21)22/h1-16H2,(H4,19,20,23)(H4,21,22,24). The number of nitrogens with two attached hydrogens (primary N) is 4. The molecule has 0 bridgehead atoms. The Morgan fingerprint density at radius 3 is 1.22 bits per heavy atom. The highest BCUT2D eigenvalue weighted by atomic mass is 32.2. The molecule has 0 saturated carbocycles. The van der Waals surface area contributed by atoms with Crippen molar-refractivity contribution in [3.63, 3.8) is 0 Å². The number of guanidine groups is 2. The Hall–Kier alpha value is -0.800. The molecule has 0 heterocycles. The summed E-state index contributed by atoms with van der Waals surface area (Å²) in [4.78, 5) is 7.96. The Morgan fingerprint density at radius 1 is 0.519 bits per heavy atom. The average Bonchev–Trinajstić information content (AvgIpc) is 2.62. The van der Waals surface area contributed by atoms with Crippen molar-refractivity contribution in [1.29, 1.82) is 0 Å². The van der Waals surface area contributed by atoms with Gasteiger partial charge in [0.15, 0.2) is 11.9 Å². The van der Waals surface area contributed by atoms with Gasteiger partial charge < -0.3 is 22.9 Å². The molecule has 0 aromatic heterocycles. The largest absolute Gasteiger partial charge is 0.370 e. The molecule has 0 aromatic carbocycles. The first kappa shape index (κ1) is 26.2. The molecule has 0 aliphatic heterocycles. The van der Waals surface area contributed by atoms with Crippen molar-refractivity contribution in [2.75, 3.05) is 24.6 Å². The van der Waals surface area contributed by atoms with Crippen LogP contribution in [-0.2, 0) is 3.63 Å². The van der Waals surface area contributed by atoms with Crippen LogP contribution in [0, 0.1) is 0 Å². The van der Waals surface area contributed by atoms with Crippen LogP contribution in [-0.4, -0.2) is 36.5 Å². The van der Waals surface area contributed by atoms with Crippen LogP contribution in [0.5, 0.6) is 0 Å². The number of nitrogens with zero attached hydrogens (tertiary/aromatic N) is 2. The van der Waals surface area contributed by atoms with Gasteiger partial charge in [-0.2, -0.15) is 0 Å². The molecule has 0 fully saturated rings. The lowest BCUT2D eigenvalue weighted by Gasteiger charge is -2.03. The summed E-state index contributed by atoms with van der Waals surface area (Å²) in [6, 6.07) is 0. The van der Waals surface area contributed by atoms with Gasteiger partial charge in [0, 0.05) is 48.7 Å². The van der Waals surface area contributed by atoms with E-state index in [9.17, 15) is 0 Å². The molecular formula is C18H40N6OS2. The monoisotopic (exact) mass is 420 g/mol. The van der Waals surface area contributed by atoms with Crippen molar-refractivity contribution in [3.05, 3.63) is 0 Å². The third-order valence-electron chi connectivity index (χ3n) is 3.96. The van der Waals surface area contributed by atoms with Gasteiger partial charge in [0.05, 0.1) is 0 Å². The Kier molecular flexibility index (Phi) is 20.9. The smallest absolute Gasteiger partial charge is 0.185 e. The summed E-state index contributed by atoms with van der Waals surface area (Å²) in [5.41, 5.74) is 21.1. The number of hydrogen-bond donors (Lipinski definition) is 4. The van der Waals surface area contributed by atoms with Crippen LogP contribution in [0.1, 0.15) is 77.0 Å². The van der Waals surface area contributed by atoms with Gasteiger partial charge in [0.25, 0.3) is 0 Å². The highest BCUT2D eigenvalue weighted by Crippen LogP contribution is 2.19. The van der Waals surface area contributed by atoms with Crippen LogP contribution in [0.3, 0.4) is 0 Å². The lowest BCUT2D eigenvalue weighted by molar-refractivity contribution is 0.609. The van der Waals surface area contributed by atoms with Crippen LogP contribution < -0.4 is 22.9 Å². The Balaban J connectivity index is 3.05. The van der Waals surface area contributed by atoms with Gasteiger partial charge in [-0.05, 0) is 25.7 Å². The van der Waals surface area contributed by atoms with Crippen LogP contribution in [0.2, 0.25) is 0 Å². The minimum Gasteiger partial charge on any atom is -0.370 e. The lowest BCUT2D eigenvalue weighted by Crippen LogP contribution is -2.22. The van der Waals surface area contributed by atoms with Crippen molar-refractivity contribution in [1.82, 2.24) is 0 Å². The summed E-state index contributed by atoms with van der Waals surface area (Å²) in [5.74, 6) is 2.55. The molecule has 7 nitrogen and oxygen atoms in total. The summed E-state index contributed by atoms with van der Waals surface area (Å²) < 4.78 is 5.55. The molecule has 0 rings (SSSR count). The molecule has 0 amide bonds. The lowest BCUT2D eigenvalue weighted by atomic mass is 10.1. The maximum Gasteiger partial charge on any atom is 0.185 e. The van der Waals surface area contributed by atoms with E-state index >= 15 is 0 Å². The van der Waals surface area contributed by atoms with E-state index in [1.165, 1.54) is 64.2 Å². The van der Waals surface area contributed by atoms with E-state index < -0.39 is 0 Å². The van der Waals surface area contributed by atoms with E-state index in [1.54, 1.807) is 24.1 Å². The molecular weight excluding hydrogens is 380 g/mol. The van der Waals surface area contributed by atoms with Crippen molar-refractivity contribution in [2.24, 2.45) is 32.9 Å². The van der Waals surface area contributed by atoms with Crippen LogP contribution in [0.4, 0.5) is 0 Å². The highest BCUT2D eigenvalue weighted by molar-refractivity contribution is 8.07. The average molecular weight is 421 g/mol. The zero-order chi connectivity index (χ0) is 20.0. The first-order chi connectivity index (χ1) is 13.1. The maximum atomic E-state index is 5.55. The summed E-state index contributed by atoms with van der Waals surface area (Å²) in [6.45, 7) is 1.51. The molecule has 0 saturated heterocycles. The fraction of sp³-hybridized carbons (Fsp3) is 0.889.